The number of rotatable bonds is 4. The molecule has 0 rings (SSSR count). The molecule has 0 amide bonds. The summed E-state index contributed by atoms with van der Waals surface area (Å²) in [6.45, 7) is -2.66. The lowest BCUT2D eigenvalue weighted by Crippen LogP contribution is -2.61. The van der Waals surface area contributed by atoms with E-state index in [0.29, 0.717) is 0 Å². The molecule has 0 unspecified atom stereocenters. The second-order valence-electron chi connectivity index (χ2n) is 2.51. The normalized spacial score (nSPS) is 15.6. The molecule has 0 aromatic heterocycles. The van der Waals surface area contributed by atoms with Gasteiger partial charge in [-0.1, -0.05) is 0 Å². The minimum atomic E-state index is -6.35. The van der Waals surface area contributed by atoms with Crippen LogP contribution in [-0.2, 0) is 0 Å². The first-order valence-corrected chi connectivity index (χ1v) is 4.20. The van der Waals surface area contributed by atoms with E-state index in [2.05, 4.69) is 0 Å². The van der Waals surface area contributed by atoms with Crippen LogP contribution in [0.1, 0.15) is 0 Å². The maximum Gasteiger partial charge on any atom is 0.387 e. The first kappa shape index (κ1) is 15.1. The molecule has 0 saturated heterocycles. The van der Waals surface area contributed by atoms with E-state index in [1.807, 2.05) is 0 Å². The Bertz CT molecular complexity index is 234. The third-order valence-electron chi connectivity index (χ3n) is 1.41. The van der Waals surface area contributed by atoms with Crippen LogP contribution in [0.5, 0.6) is 0 Å². The van der Waals surface area contributed by atoms with Gasteiger partial charge in [-0.2, -0.15) is 35.1 Å². The van der Waals surface area contributed by atoms with E-state index < -0.39 is 28.3 Å². The molecule has 0 saturated carbocycles. The van der Waals surface area contributed by atoms with Crippen LogP contribution in [0, 0.1) is 0 Å². The van der Waals surface area contributed by atoms with Gasteiger partial charge >= 0.3 is 21.7 Å². The molecule has 0 aromatic rings. The summed E-state index contributed by atoms with van der Waals surface area (Å²) >= 11 is -0.377. The standard InChI is InChI=1S/C5H3F8IO/c6-2(7,1-15)3(8,9)4(10,11)5(12,13)14/h15H,1H2. The largest absolute Gasteiger partial charge is 0.390 e. The number of aliphatic hydroxyl groups is 1. The Hall–Kier alpha value is 0.130. The van der Waals surface area contributed by atoms with Crippen LogP contribution in [0.3, 0.4) is 0 Å². The molecule has 0 spiro atoms. The molecule has 0 heterocycles. The zero-order valence-corrected chi connectivity index (χ0v) is 8.71. The third-order valence-corrected chi connectivity index (χ3v) is 2.09. The van der Waals surface area contributed by atoms with E-state index in [4.69, 9.17) is 5.11 Å². The van der Waals surface area contributed by atoms with Gasteiger partial charge in [0, 0.05) is 22.6 Å². The van der Waals surface area contributed by atoms with Gasteiger partial charge < -0.3 is 5.11 Å². The number of aliphatic hydroxyl groups excluding tert-OH is 1. The summed E-state index contributed by atoms with van der Waals surface area (Å²) < 4.78 is 92.2. The van der Waals surface area contributed by atoms with Crippen LogP contribution in [-0.4, -0.2) is 33.4 Å². The summed E-state index contributed by atoms with van der Waals surface area (Å²) in [5.74, 6) is -18.3. The highest BCUT2D eigenvalue weighted by atomic mass is 127. The van der Waals surface area contributed by atoms with E-state index in [-0.39, 0.29) is 22.6 Å². The molecule has 0 bridgehead atoms. The van der Waals surface area contributed by atoms with Crippen molar-refractivity contribution in [2.75, 3.05) is 6.61 Å². The Morgan fingerprint density at radius 3 is 1.33 bits per heavy atom. The minimum absolute atomic E-state index is 0.377. The molecular formula is C5H3F8IO. The lowest BCUT2D eigenvalue weighted by Gasteiger charge is -2.33. The van der Waals surface area contributed by atoms with Crippen molar-refractivity contribution in [1.82, 2.24) is 0 Å². The van der Waals surface area contributed by atoms with Crippen LogP contribution in [0.2, 0.25) is 0 Å². The van der Waals surface area contributed by atoms with E-state index in [9.17, 15) is 35.1 Å². The van der Waals surface area contributed by atoms with Crippen molar-refractivity contribution in [3.05, 3.63) is 0 Å². The molecule has 0 aliphatic rings. The fourth-order valence-electron chi connectivity index (χ4n) is 0.507. The SMILES string of the molecule is OCC(F)(F)C(F)(F)C(F)(F)C(F)(F)I. The Labute approximate surface area is 91.6 Å². The van der Waals surface area contributed by atoms with Gasteiger partial charge in [0.2, 0.25) is 0 Å². The number of hydrogen-bond donors (Lipinski definition) is 1. The fourth-order valence-corrected chi connectivity index (χ4v) is 0.846. The van der Waals surface area contributed by atoms with Gasteiger partial charge in [-0.25, -0.2) is 0 Å². The highest BCUT2D eigenvalue weighted by Crippen LogP contribution is 2.54. The zero-order chi connectivity index (χ0) is 12.7. The van der Waals surface area contributed by atoms with Crippen LogP contribution in [0.15, 0.2) is 0 Å². The maximum absolute atomic E-state index is 12.3. The van der Waals surface area contributed by atoms with Gasteiger partial charge in [0.05, 0.1) is 0 Å². The van der Waals surface area contributed by atoms with E-state index in [1.54, 1.807) is 0 Å². The lowest BCUT2D eigenvalue weighted by molar-refractivity contribution is -0.347. The first-order chi connectivity index (χ1) is 6.31. The van der Waals surface area contributed by atoms with Crippen molar-refractivity contribution < 1.29 is 40.2 Å². The maximum atomic E-state index is 12.3. The molecule has 1 nitrogen and oxygen atoms in total. The smallest absolute Gasteiger partial charge is 0.387 e. The molecule has 0 radical (unpaired) electrons. The molecule has 0 fully saturated rings. The van der Waals surface area contributed by atoms with Crippen LogP contribution < -0.4 is 0 Å². The number of hydrogen-bond acceptors (Lipinski definition) is 1. The van der Waals surface area contributed by atoms with Crippen molar-refractivity contribution in [2.45, 2.75) is 21.7 Å². The lowest BCUT2D eigenvalue weighted by atomic mass is 10.1. The highest BCUT2D eigenvalue weighted by molar-refractivity contribution is 14.1. The van der Waals surface area contributed by atoms with E-state index in [1.165, 1.54) is 0 Å². The second-order valence-corrected chi connectivity index (χ2v) is 3.86. The van der Waals surface area contributed by atoms with Gasteiger partial charge in [0.25, 0.3) is 0 Å². The summed E-state index contributed by atoms with van der Waals surface area (Å²) in [4.78, 5) is 0. The Morgan fingerprint density at radius 2 is 1.13 bits per heavy atom. The van der Waals surface area contributed by atoms with Gasteiger partial charge in [-0.15, -0.1) is 0 Å². The molecule has 0 atom stereocenters. The highest BCUT2D eigenvalue weighted by Gasteiger charge is 2.79. The van der Waals surface area contributed by atoms with Crippen LogP contribution >= 0.6 is 22.6 Å². The molecular weight excluding hydrogens is 355 g/mol. The number of halogens is 9. The summed E-state index contributed by atoms with van der Waals surface area (Å²) in [6, 6.07) is 0. The van der Waals surface area contributed by atoms with Crippen molar-refractivity contribution in [1.29, 1.82) is 0 Å². The van der Waals surface area contributed by atoms with Crippen molar-refractivity contribution in [3.63, 3.8) is 0 Å². The quantitative estimate of drug-likeness (QED) is 0.466. The van der Waals surface area contributed by atoms with Gasteiger partial charge in [0.15, 0.2) is 0 Å². The summed E-state index contributed by atoms with van der Waals surface area (Å²) in [6.07, 6.45) is 0. The van der Waals surface area contributed by atoms with Crippen molar-refractivity contribution in [3.8, 4) is 0 Å². The Balaban J connectivity index is 5.38. The molecule has 10 heteroatoms. The molecule has 15 heavy (non-hydrogen) atoms. The predicted molar refractivity (Wildman–Crippen MR) is 40.9 cm³/mol. The fraction of sp³-hybridized carbons (Fsp3) is 1.00. The summed E-state index contributed by atoms with van der Waals surface area (Å²) in [5.41, 5.74) is 0. The van der Waals surface area contributed by atoms with Gasteiger partial charge in [-0.05, 0) is 0 Å². The zero-order valence-electron chi connectivity index (χ0n) is 6.56. The minimum Gasteiger partial charge on any atom is -0.390 e. The van der Waals surface area contributed by atoms with Crippen LogP contribution in [0.4, 0.5) is 35.1 Å². The molecule has 0 aromatic carbocycles. The molecule has 92 valence electrons. The van der Waals surface area contributed by atoms with Crippen molar-refractivity contribution >= 4 is 22.6 Å². The summed E-state index contributed by atoms with van der Waals surface area (Å²) in [5, 5.41) is 7.75. The average molecular weight is 358 g/mol. The summed E-state index contributed by atoms with van der Waals surface area (Å²) in [7, 11) is 0. The predicted octanol–water partition coefficient (Wildman–Crippen LogP) is 2.91. The van der Waals surface area contributed by atoms with Gasteiger partial charge in [-0.3, -0.25) is 0 Å². The van der Waals surface area contributed by atoms with E-state index >= 15 is 0 Å². The van der Waals surface area contributed by atoms with Crippen LogP contribution in [0.25, 0.3) is 0 Å². The Kier molecular flexibility index (Phi) is 3.89. The monoisotopic (exact) mass is 358 g/mol. The molecule has 0 aliphatic carbocycles. The van der Waals surface area contributed by atoms with Gasteiger partial charge in [0.1, 0.15) is 6.61 Å². The topological polar surface area (TPSA) is 20.2 Å². The Morgan fingerprint density at radius 1 is 0.800 bits per heavy atom. The first-order valence-electron chi connectivity index (χ1n) is 3.12. The molecule has 0 aliphatic heterocycles. The van der Waals surface area contributed by atoms with E-state index in [0.717, 1.165) is 0 Å². The molecule has 1 N–H and O–H groups in total. The average Bonchev–Trinajstić information content (AvgIpc) is 2.01. The van der Waals surface area contributed by atoms with Crippen molar-refractivity contribution in [2.24, 2.45) is 0 Å². The third kappa shape index (κ3) is 2.29. The number of alkyl halides is 9. The second kappa shape index (κ2) is 3.86.